The third-order valence-corrected chi connectivity index (χ3v) is 1.60. The molecule has 0 N–H and O–H groups in total. The van der Waals surface area contributed by atoms with E-state index < -0.39 is 17.5 Å². The number of methoxy groups -OCH3 is 1. The molecule has 0 aliphatic carbocycles. The van der Waals surface area contributed by atoms with Gasteiger partial charge in [-0.3, -0.25) is 14.4 Å². The van der Waals surface area contributed by atoms with E-state index in [1.165, 1.54) is 7.11 Å². The van der Waals surface area contributed by atoms with Crippen LogP contribution in [0.2, 0.25) is 0 Å². The van der Waals surface area contributed by atoms with Crippen LogP contribution < -0.4 is 0 Å². The average molecular weight is 230 g/mol. The maximum absolute atomic E-state index is 11.2. The van der Waals surface area contributed by atoms with E-state index in [0.29, 0.717) is 0 Å². The molecule has 0 aromatic heterocycles. The molecule has 0 fully saturated rings. The van der Waals surface area contributed by atoms with Gasteiger partial charge in [0.25, 0.3) is 0 Å². The number of rotatable bonds is 5. The van der Waals surface area contributed by atoms with Crippen molar-refractivity contribution in [3.05, 3.63) is 0 Å². The van der Waals surface area contributed by atoms with Crippen LogP contribution in [0.5, 0.6) is 0 Å². The van der Waals surface area contributed by atoms with E-state index in [9.17, 15) is 14.4 Å². The molecule has 0 rings (SSSR count). The second-order valence-corrected chi connectivity index (χ2v) is 4.38. The Morgan fingerprint density at radius 2 is 1.56 bits per heavy atom. The van der Waals surface area contributed by atoms with Gasteiger partial charge in [0.05, 0.1) is 13.5 Å². The Balaban J connectivity index is 3.84. The van der Waals surface area contributed by atoms with E-state index in [-0.39, 0.29) is 25.0 Å². The topological polar surface area (TPSA) is 69.7 Å². The predicted octanol–water partition coefficient (Wildman–Crippen LogP) is 1.24. The van der Waals surface area contributed by atoms with Gasteiger partial charge in [-0.15, -0.1) is 0 Å². The van der Waals surface area contributed by atoms with Gasteiger partial charge in [0, 0.05) is 6.42 Å². The van der Waals surface area contributed by atoms with Gasteiger partial charge in [-0.25, -0.2) is 0 Å². The molecule has 5 heteroatoms. The molecule has 16 heavy (non-hydrogen) atoms. The van der Waals surface area contributed by atoms with Crippen LogP contribution in [-0.2, 0) is 23.9 Å². The van der Waals surface area contributed by atoms with Gasteiger partial charge in [-0.05, 0) is 20.8 Å². The van der Waals surface area contributed by atoms with Crippen molar-refractivity contribution >= 4 is 17.7 Å². The number of carbonyl (C=O) groups excluding carboxylic acids is 3. The lowest BCUT2D eigenvalue weighted by Gasteiger charge is -2.19. The normalized spacial score (nSPS) is 10.8. The van der Waals surface area contributed by atoms with E-state index in [1.54, 1.807) is 20.8 Å². The molecule has 0 saturated heterocycles. The Hall–Kier alpha value is -1.39. The Morgan fingerprint density at radius 3 is 2.00 bits per heavy atom. The first-order valence-corrected chi connectivity index (χ1v) is 5.05. The summed E-state index contributed by atoms with van der Waals surface area (Å²) in [5.41, 5.74) is -0.553. The van der Waals surface area contributed by atoms with Gasteiger partial charge in [-0.2, -0.15) is 0 Å². The molecule has 0 bridgehead atoms. The largest absolute Gasteiger partial charge is 0.469 e. The highest BCUT2D eigenvalue weighted by molar-refractivity contribution is 5.96. The van der Waals surface area contributed by atoms with Gasteiger partial charge >= 0.3 is 11.9 Å². The Kier molecular flexibility index (Phi) is 5.71. The van der Waals surface area contributed by atoms with Crippen LogP contribution in [0, 0.1) is 0 Å². The fourth-order valence-electron chi connectivity index (χ4n) is 0.956. The Morgan fingerprint density at radius 1 is 1.00 bits per heavy atom. The van der Waals surface area contributed by atoms with Gasteiger partial charge in [0.1, 0.15) is 17.8 Å². The van der Waals surface area contributed by atoms with Crippen LogP contribution >= 0.6 is 0 Å². The molecule has 0 unspecified atom stereocenters. The predicted molar refractivity (Wildman–Crippen MR) is 56.7 cm³/mol. The molecule has 0 aromatic carbocycles. The highest BCUT2D eigenvalue weighted by Gasteiger charge is 2.17. The third kappa shape index (κ3) is 7.96. The molecule has 0 aliphatic heterocycles. The van der Waals surface area contributed by atoms with Crippen LogP contribution in [0.25, 0.3) is 0 Å². The summed E-state index contributed by atoms with van der Waals surface area (Å²) in [6, 6.07) is 0. The van der Waals surface area contributed by atoms with Crippen molar-refractivity contribution in [2.45, 2.75) is 45.6 Å². The fourth-order valence-corrected chi connectivity index (χ4v) is 0.956. The number of hydrogen-bond acceptors (Lipinski definition) is 5. The quantitative estimate of drug-likeness (QED) is 0.525. The first-order chi connectivity index (χ1) is 7.24. The van der Waals surface area contributed by atoms with Gasteiger partial charge < -0.3 is 9.47 Å². The summed E-state index contributed by atoms with van der Waals surface area (Å²) in [4.78, 5) is 33.1. The number of hydrogen-bond donors (Lipinski definition) is 0. The summed E-state index contributed by atoms with van der Waals surface area (Å²) in [5.74, 6) is -1.35. The second kappa shape index (κ2) is 6.25. The summed E-state index contributed by atoms with van der Waals surface area (Å²) in [5, 5.41) is 0. The van der Waals surface area contributed by atoms with Gasteiger partial charge in [-0.1, -0.05) is 0 Å². The maximum Gasteiger partial charge on any atom is 0.313 e. The number of ketones is 1. The van der Waals surface area contributed by atoms with E-state index in [1.807, 2.05) is 0 Å². The van der Waals surface area contributed by atoms with Crippen LogP contribution in [0.3, 0.4) is 0 Å². The summed E-state index contributed by atoms with van der Waals surface area (Å²) in [7, 11) is 1.21. The Bertz CT molecular complexity index is 275. The van der Waals surface area contributed by atoms with Crippen molar-refractivity contribution in [2.75, 3.05) is 7.11 Å². The summed E-state index contributed by atoms with van der Waals surface area (Å²) < 4.78 is 9.34. The Labute approximate surface area is 95.1 Å². The number of carbonyl (C=O) groups is 3. The van der Waals surface area contributed by atoms with E-state index in [4.69, 9.17) is 4.74 Å². The molecule has 0 saturated carbocycles. The standard InChI is InChI=1S/C11H18O5/c1-11(2,3)16-9(13)6-5-8(12)7-10(14)15-4/h5-7H2,1-4H3. The highest BCUT2D eigenvalue weighted by Crippen LogP contribution is 2.09. The zero-order chi connectivity index (χ0) is 12.8. The maximum atomic E-state index is 11.2. The average Bonchev–Trinajstić information content (AvgIpc) is 2.12. The zero-order valence-electron chi connectivity index (χ0n) is 10.2. The summed E-state index contributed by atoms with van der Waals surface area (Å²) in [6.45, 7) is 5.25. The van der Waals surface area contributed by atoms with Crippen LogP contribution in [0.4, 0.5) is 0 Å². The molecule has 0 aliphatic rings. The van der Waals surface area contributed by atoms with Gasteiger partial charge in [0.15, 0.2) is 0 Å². The monoisotopic (exact) mass is 230 g/mol. The lowest BCUT2D eigenvalue weighted by atomic mass is 10.1. The fraction of sp³-hybridized carbons (Fsp3) is 0.727. The lowest BCUT2D eigenvalue weighted by Crippen LogP contribution is -2.24. The highest BCUT2D eigenvalue weighted by atomic mass is 16.6. The zero-order valence-corrected chi connectivity index (χ0v) is 10.2. The lowest BCUT2D eigenvalue weighted by molar-refractivity contribution is -0.156. The number of esters is 2. The molecule has 0 amide bonds. The minimum Gasteiger partial charge on any atom is -0.469 e. The molecule has 0 aromatic rings. The van der Waals surface area contributed by atoms with Crippen molar-refractivity contribution in [2.24, 2.45) is 0 Å². The molecular weight excluding hydrogens is 212 g/mol. The minimum absolute atomic E-state index is 0.00398. The summed E-state index contributed by atoms with van der Waals surface area (Å²) >= 11 is 0. The van der Waals surface area contributed by atoms with E-state index in [0.717, 1.165) is 0 Å². The van der Waals surface area contributed by atoms with Gasteiger partial charge in [0.2, 0.25) is 0 Å². The van der Waals surface area contributed by atoms with Crippen LogP contribution in [0.1, 0.15) is 40.0 Å². The van der Waals surface area contributed by atoms with E-state index in [2.05, 4.69) is 4.74 Å². The smallest absolute Gasteiger partial charge is 0.313 e. The molecule has 0 atom stereocenters. The molecule has 0 heterocycles. The summed E-state index contributed by atoms with van der Waals surface area (Å²) in [6.07, 6.45) is -0.295. The van der Waals surface area contributed by atoms with Crippen molar-refractivity contribution in [1.82, 2.24) is 0 Å². The SMILES string of the molecule is COC(=O)CC(=O)CCC(=O)OC(C)(C)C. The second-order valence-electron chi connectivity index (χ2n) is 4.38. The third-order valence-electron chi connectivity index (χ3n) is 1.60. The minimum atomic E-state index is -0.589. The van der Waals surface area contributed by atoms with Crippen molar-refractivity contribution in [3.63, 3.8) is 0 Å². The van der Waals surface area contributed by atoms with Crippen LogP contribution in [0.15, 0.2) is 0 Å². The molecular formula is C11H18O5. The van der Waals surface area contributed by atoms with Crippen molar-refractivity contribution < 1.29 is 23.9 Å². The van der Waals surface area contributed by atoms with E-state index >= 15 is 0 Å². The molecule has 0 spiro atoms. The first-order valence-electron chi connectivity index (χ1n) is 5.05. The number of ether oxygens (including phenoxy) is 2. The van der Waals surface area contributed by atoms with Crippen molar-refractivity contribution in [1.29, 1.82) is 0 Å². The first kappa shape index (κ1) is 14.6. The van der Waals surface area contributed by atoms with Crippen LogP contribution in [-0.4, -0.2) is 30.4 Å². The number of Topliss-reactive ketones (excluding diaryl/α,β-unsaturated/α-hetero) is 1. The molecule has 5 nitrogen and oxygen atoms in total. The van der Waals surface area contributed by atoms with Crippen molar-refractivity contribution in [3.8, 4) is 0 Å². The molecule has 0 radical (unpaired) electrons. The molecule has 92 valence electrons.